The zero-order valence-electron chi connectivity index (χ0n) is 10.6. The van der Waals surface area contributed by atoms with E-state index in [1.807, 2.05) is 6.07 Å². The highest BCUT2D eigenvalue weighted by Crippen LogP contribution is 2.38. The summed E-state index contributed by atoms with van der Waals surface area (Å²) >= 11 is 0. The second kappa shape index (κ2) is 3.90. The Kier molecular flexibility index (Phi) is 2.30. The zero-order valence-corrected chi connectivity index (χ0v) is 10.6. The van der Waals surface area contributed by atoms with Gasteiger partial charge in [0, 0.05) is 42.5 Å². The van der Waals surface area contributed by atoms with Crippen LogP contribution in [0.2, 0.25) is 0 Å². The van der Waals surface area contributed by atoms with Crippen molar-refractivity contribution in [3.8, 4) is 0 Å². The standard InChI is InChI=1S/C15H15FN2O/c16-9-1-2-11-12-4-6-18-5-3-10(19)8-14(18)15(12)17-13(11)7-9/h1-2,7,14,17H,3-6,8H2. The van der Waals surface area contributed by atoms with Gasteiger partial charge in [-0.2, -0.15) is 0 Å². The molecule has 1 aromatic heterocycles. The molecule has 0 saturated carbocycles. The average molecular weight is 258 g/mol. The van der Waals surface area contributed by atoms with Crippen LogP contribution in [0.25, 0.3) is 10.9 Å². The largest absolute Gasteiger partial charge is 0.357 e. The molecule has 1 fully saturated rings. The lowest BCUT2D eigenvalue weighted by molar-refractivity contribution is -0.123. The Balaban J connectivity index is 1.88. The average Bonchev–Trinajstić information content (AvgIpc) is 2.76. The third-order valence-electron chi connectivity index (χ3n) is 4.42. The summed E-state index contributed by atoms with van der Waals surface area (Å²) in [6.07, 6.45) is 2.23. The minimum absolute atomic E-state index is 0.167. The molecule has 3 nitrogen and oxygen atoms in total. The molecule has 0 radical (unpaired) electrons. The minimum Gasteiger partial charge on any atom is -0.357 e. The quantitative estimate of drug-likeness (QED) is 0.788. The predicted octanol–water partition coefficient (Wildman–Crippen LogP) is 2.57. The molecule has 0 bridgehead atoms. The Hall–Kier alpha value is -1.68. The van der Waals surface area contributed by atoms with E-state index in [2.05, 4.69) is 9.88 Å². The molecule has 2 aliphatic rings. The normalized spacial score (nSPS) is 23.4. The highest BCUT2D eigenvalue weighted by Gasteiger charge is 2.34. The van der Waals surface area contributed by atoms with Crippen LogP contribution in [0, 0.1) is 5.82 Å². The number of aromatic nitrogens is 1. The first-order valence-electron chi connectivity index (χ1n) is 6.78. The number of ketones is 1. The van der Waals surface area contributed by atoms with Gasteiger partial charge in [-0.05, 0) is 30.2 Å². The van der Waals surface area contributed by atoms with Crippen molar-refractivity contribution < 1.29 is 9.18 Å². The number of aromatic amines is 1. The van der Waals surface area contributed by atoms with Crippen molar-refractivity contribution in [2.75, 3.05) is 13.1 Å². The first kappa shape index (κ1) is 11.2. The smallest absolute Gasteiger partial charge is 0.136 e. The van der Waals surface area contributed by atoms with E-state index in [0.717, 1.165) is 36.1 Å². The molecule has 1 atom stereocenters. The van der Waals surface area contributed by atoms with Crippen molar-refractivity contribution in [2.24, 2.45) is 0 Å². The molecule has 0 aliphatic carbocycles. The van der Waals surface area contributed by atoms with Crippen LogP contribution in [0.5, 0.6) is 0 Å². The summed E-state index contributed by atoms with van der Waals surface area (Å²) in [6, 6.07) is 5.07. The van der Waals surface area contributed by atoms with Gasteiger partial charge in [-0.3, -0.25) is 9.69 Å². The van der Waals surface area contributed by atoms with E-state index >= 15 is 0 Å². The number of carbonyl (C=O) groups is 1. The van der Waals surface area contributed by atoms with E-state index in [0.29, 0.717) is 18.6 Å². The van der Waals surface area contributed by atoms with Crippen LogP contribution in [0.15, 0.2) is 18.2 Å². The Morgan fingerprint density at radius 1 is 1.26 bits per heavy atom. The summed E-state index contributed by atoms with van der Waals surface area (Å²) in [5, 5.41) is 1.11. The number of piperidine rings is 1. The van der Waals surface area contributed by atoms with Gasteiger partial charge < -0.3 is 4.98 Å². The van der Waals surface area contributed by atoms with Crippen LogP contribution in [0.1, 0.15) is 30.1 Å². The van der Waals surface area contributed by atoms with Crippen LogP contribution in [0.4, 0.5) is 4.39 Å². The molecule has 3 heterocycles. The molecular formula is C15H15FN2O. The topological polar surface area (TPSA) is 36.1 Å². The van der Waals surface area contributed by atoms with Crippen molar-refractivity contribution in [2.45, 2.75) is 25.3 Å². The molecule has 1 N–H and O–H groups in total. The van der Waals surface area contributed by atoms with Gasteiger partial charge >= 0.3 is 0 Å². The number of hydrogen-bond donors (Lipinski definition) is 1. The lowest BCUT2D eigenvalue weighted by atomic mass is 9.90. The number of Topliss-reactive ketones (excluding diaryl/α,β-unsaturated/α-hetero) is 1. The molecule has 1 unspecified atom stereocenters. The lowest BCUT2D eigenvalue weighted by Crippen LogP contribution is -2.41. The first-order chi connectivity index (χ1) is 9.22. The van der Waals surface area contributed by atoms with Gasteiger partial charge in [0.2, 0.25) is 0 Å². The molecule has 2 aromatic rings. The fraction of sp³-hybridized carbons (Fsp3) is 0.400. The molecule has 1 saturated heterocycles. The SMILES string of the molecule is O=C1CCN2CCc3c([nH]c4cc(F)ccc34)C2C1. The third kappa shape index (κ3) is 1.63. The Morgan fingerprint density at radius 2 is 2.11 bits per heavy atom. The maximum Gasteiger partial charge on any atom is 0.136 e. The minimum atomic E-state index is -0.220. The van der Waals surface area contributed by atoms with Gasteiger partial charge in [0.25, 0.3) is 0 Å². The number of nitrogens with zero attached hydrogens (tertiary/aromatic N) is 1. The molecule has 98 valence electrons. The van der Waals surface area contributed by atoms with Gasteiger partial charge in [0.15, 0.2) is 0 Å². The predicted molar refractivity (Wildman–Crippen MR) is 70.5 cm³/mol. The summed E-state index contributed by atoms with van der Waals surface area (Å²) in [5.74, 6) is 0.113. The number of carbonyl (C=O) groups excluding carboxylic acids is 1. The maximum atomic E-state index is 13.3. The number of rotatable bonds is 0. The van der Waals surface area contributed by atoms with Crippen LogP contribution in [-0.4, -0.2) is 28.8 Å². The monoisotopic (exact) mass is 258 g/mol. The highest BCUT2D eigenvalue weighted by molar-refractivity contribution is 5.86. The van der Waals surface area contributed by atoms with Crippen molar-refractivity contribution >= 4 is 16.7 Å². The van der Waals surface area contributed by atoms with E-state index in [9.17, 15) is 9.18 Å². The van der Waals surface area contributed by atoms with E-state index in [4.69, 9.17) is 0 Å². The molecular weight excluding hydrogens is 243 g/mol. The zero-order chi connectivity index (χ0) is 13.0. The number of halogens is 1. The second-order valence-electron chi connectivity index (χ2n) is 5.50. The fourth-order valence-electron chi connectivity index (χ4n) is 3.48. The summed E-state index contributed by atoms with van der Waals surface area (Å²) in [7, 11) is 0. The van der Waals surface area contributed by atoms with Gasteiger partial charge in [-0.25, -0.2) is 4.39 Å². The summed E-state index contributed by atoms with van der Waals surface area (Å²) in [4.78, 5) is 17.4. The van der Waals surface area contributed by atoms with Crippen molar-refractivity contribution in [1.82, 2.24) is 9.88 Å². The highest BCUT2D eigenvalue weighted by atomic mass is 19.1. The Morgan fingerprint density at radius 3 is 3.00 bits per heavy atom. The van der Waals surface area contributed by atoms with Crippen molar-refractivity contribution in [3.05, 3.63) is 35.3 Å². The molecule has 2 aliphatic heterocycles. The molecule has 1 aromatic carbocycles. The van der Waals surface area contributed by atoms with E-state index < -0.39 is 0 Å². The van der Waals surface area contributed by atoms with Gasteiger partial charge in [-0.15, -0.1) is 0 Å². The van der Waals surface area contributed by atoms with Gasteiger partial charge in [-0.1, -0.05) is 0 Å². The number of fused-ring (bicyclic) bond motifs is 5. The van der Waals surface area contributed by atoms with E-state index in [1.165, 1.54) is 11.6 Å². The second-order valence-corrected chi connectivity index (χ2v) is 5.50. The number of nitrogens with one attached hydrogen (secondary N) is 1. The summed E-state index contributed by atoms with van der Waals surface area (Å²) in [5.41, 5.74) is 3.25. The fourth-order valence-corrected chi connectivity index (χ4v) is 3.48. The summed E-state index contributed by atoms with van der Waals surface area (Å²) in [6.45, 7) is 1.85. The lowest BCUT2D eigenvalue weighted by Gasteiger charge is -2.38. The Bertz CT molecular complexity index is 676. The summed E-state index contributed by atoms with van der Waals surface area (Å²) < 4.78 is 13.3. The Labute approximate surface area is 110 Å². The maximum absolute atomic E-state index is 13.3. The molecule has 4 heteroatoms. The van der Waals surface area contributed by atoms with Crippen LogP contribution >= 0.6 is 0 Å². The third-order valence-corrected chi connectivity index (χ3v) is 4.42. The van der Waals surface area contributed by atoms with Crippen LogP contribution in [-0.2, 0) is 11.2 Å². The molecule has 0 amide bonds. The van der Waals surface area contributed by atoms with Gasteiger partial charge in [0.05, 0.1) is 6.04 Å². The van der Waals surface area contributed by atoms with Crippen molar-refractivity contribution in [3.63, 3.8) is 0 Å². The molecule has 19 heavy (non-hydrogen) atoms. The van der Waals surface area contributed by atoms with E-state index in [1.54, 1.807) is 6.07 Å². The first-order valence-corrected chi connectivity index (χ1v) is 6.78. The molecule has 4 rings (SSSR count). The van der Waals surface area contributed by atoms with Gasteiger partial charge in [0.1, 0.15) is 11.6 Å². The van der Waals surface area contributed by atoms with E-state index in [-0.39, 0.29) is 11.9 Å². The number of benzene rings is 1. The molecule has 0 spiro atoms. The number of hydrogen-bond acceptors (Lipinski definition) is 2. The van der Waals surface area contributed by atoms with Crippen LogP contribution < -0.4 is 0 Å². The van der Waals surface area contributed by atoms with Crippen molar-refractivity contribution in [1.29, 1.82) is 0 Å². The van der Waals surface area contributed by atoms with Crippen LogP contribution in [0.3, 0.4) is 0 Å². The number of H-pyrrole nitrogens is 1.